The second kappa shape index (κ2) is 5.05. The summed E-state index contributed by atoms with van der Waals surface area (Å²) in [6.45, 7) is 0. The molecule has 1 aliphatic carbocycles. The molecule has 0 spiro atoms. The summed E-state index contributed by atoms with van der Waals surface area (Å²) in [5.74, 6) is 0. The molecule has 1 fully saturated rings. The van der Waals surface area contributed by atoms with E-state index in [1.165, 1.54) is 0 Å². The van der Waals surface area contributed by atoms with Crippen LogP contribution in [0.15, 0.2) is 0 Å². The SMILES string of the molecule is O[C@H]1CC[C@H](N(P)PP)CC1. The molecular formula is C6H16NOP3. The van der Waals surface area contributed by atoms with Gasteiger partial charge >= 0.3 is 0 Å². The number of rotatable bonds is 2. The maximum Gasteiger partial charge on any atom is 0.0541 e. The van der Waals surface area contributed by atoms with Crippen molar-refractivity contribution in [2.45, 2.75) is 37.8 Å². The summed E-state index contributed by atoms with van der Waals surface area (Å²) in [5, 5.41) is 9.25. The summed E-state index contributed by atoms with van der Waals surface area (Å²) in [5.41, 5.74) is 0. The van der Waals surface area contributed by atoms with Crippen LogP contribution in [0, 0.1) is 0 Å². The molecule has 1 rings (SSSR count). The van der Waals surface area contributed by atoms with Crippen LogP contribution in [0.25, 0.3) is 0 Å². The van der Waals surface area contributed by atoms with Crippen LogP contribution in [-0.2, 0) is 0 Å². The van der Waals surface area contributed by atoms with Crippen molar-refractivity contribution in [3.05, 3.63) is 0 Å². The lowest BCUT2D eigenvalue weighted by Crippen LogP contribution is -2.28. The first-order valence-electron chi connectivity index (χ1n) is 3.92. The predicted molar refractivity (Wildman–Crippen MR) is 57.8 cm³/mol. The van der Waals surface area contributed by atoms with E-state index in [0.29, 0.717) is 6.04 Å². The second-order valence-electron chi connectivity index (χ2n) is 3.00. The zero-order valence-electron chi connectivity index (χ0n) is 6.53. The molecule has 0 heterocycles. The van der Waals surface area contributed by atoms with Crippen molar-refractivity contribution in [1.82, 2.24) is 4.44 Å². The zero-order valence-corrected chi connectivity index (χ0v) is 9.84. The number of hydrogen-bond donors (Lipinski definition) is 1. The van der Waals surface area contributed by atoms with E-state index < -0.39 is 0 Å². The first-order valence-corrected chi connectivity index (χ1v) is 7.19. The molecule has 1 N–H and O–H groups in total. The van der Waals surface area contributed by atoms with Crippen molar-refractivity contribution in [3.8, 4) is 0 Å². The normalized spacial score (nSPS) is 33.8. The van der Waals surface area contributed by atoms with Gasteiger partial charge in [-0.2, -0.15) is 0 Å². The number of nitrogens with zero attached hydrogens (tertiary/aromatic N) is 1. The Morgan fingerprint density at radius 2 is 1.82 bits per heavy atom. The molecule has 2 nitrogen and oxygen atoms in total. The molecule has 0 aromatic carbocycles. The Morgan fingerprint density at radius 3 is 2.27 bits per heavy atom. The molecule has 5 heteroatoms. The Labute approximate surface area is 74.7 Å². The predicted octanol–water partition coefficient (Wildman–Crippen LogP) is 1.77. The highest BCUT2D eigenvalue weighted by Gasteiger charge is 2.21. The molecule has 1 saturated carbocycles. The number of aliphatic hydroxyl groups excluding tert-OH is 1. The largest absolute Gasteiger partial charge is 0.393 e. The van der Waals surface area contributed by atoms with Gasteiger partial charge in [0.25, 0.3) is 0 Å². The van der Waals surface area contributed by atoms with Crippen LogP contribution in [0.1, 0.15) is 25.7 Å². The van der Waals surface area contributed by atoms with Crippen LogP contribution in [0.3, 0.4) is 0 Å². The van der Waals surface area contributed by atoms with Gasteiger partial charge in [0.2, 0.25) is 0 Å². The molecule has 0 aromatic heterocycles. The van der Waals surface area contributed by atoms with Crippen LogP contribution < -0.4 is 0 Å². The van der Waals surface area contributed by atoms with E-state index in [1.54, 1.807) is 0 Å². The fourth-order valence-corrected chi connectivity index (χ4v) is 2.84. The van der Waals surface area contributed by atoms with Crippen molar-refractivity contribution in [3.63, 3.8) is 0 Å². The maximum absolute atomic E-state index is 9.25. The van der Waals surface area contributed by atoms with E-state index in [-0.39, 0.29) is 6.10 Å². The Bertz CT molecular complexity index is 116. The monoisotopic (exact) mass is 211 g/mol. The lowest BCUT2D eigenvalue weighted by atomic mass is 9.94. The summed E-state index contributed by atoms with van der Waals surface area (Å²) in [4.78, 5) is 0. The van der Waals surface area contributed by atoms with Gasteiger partial charge in [0, 0.05) is 6.04 Å². The van der Waals surface area contributed by atoms with Gasteiger partial charge in [0.05, 0.1) is 6.10 Å². The smallest absolute Gasteiger partial charge is 0.0541 e. The Morgan fingerprint density at radius 1 is 1.27 bits per heavy atom. The molecule has 66 valence electrons. The lowest BCUT2D eigenvalue weighted by molar-refractivity contribution is 0.113. The van der Waals surface area contributed by atoms with Crippen molar-refractivity contribution in [2.75, 3.05) is 0 Å². The molecule has 11 heavy (non-hydrogen) atoms. The third-order valence-electron chi connectivity index (χ3n) is 2.21. The van der Waals surface area contributed by atoms with Crippen LogP contribution in [0.5, 0.6) is 0 Å². The minimum atomic E-state index is -0.0301. The molecule has 0 bridgehead atoms. The Balaban J connectivity index is 2.27. The maximum atomic E-state index is 9.25. The standard InChI is InChI=1S/C6H16NOP3/c8-6-3-1-5(2-4-6)7(9)11-10/h5-6,8,11H,1-4,9-10H2/t5-,6-. The molecule has 3 atom stereocenters. The van der Waals surface area contributed by atoms with E-state index in [0.717, 1.165) is 34.1 Å². The second-order valence-corrected chi connectivity index (χ2v) is 5.62. The highest BCUT2D eigenvalue weighted by atomic mass is 32.0. The van der Waals surface area contributed by atoms with Gasteiger partial charge in [-0.05, 0) is 34.1 Å². The third kappa shape index (κ3) is 3.21. The minimum Gasteiger partial charge on any atom is -0.393 e. The molecule has 0 aromatic rings. The van der Waals surface area contributed by atoms with E-state index >= 15 is 0 Å². The summed E-state index contributed by atoms with van der Waals surface area (Å²) < 4.78 is 2.29. The van der Waals surface area contributed by atoms with Gasteiger partial charge in [0.15, 0.2) is 0 Å². The minimum absolute atomic E-state index is 0.0301. The van der Waals surface area contributed by atoms with Crippen LogP contribution in [0.4, 0.5) is 0 Å². The van der Waals surface area contributed by atoms with Crippen molar-refractivity contribution >= 4 is 26.7 Å². The van der Waals surface area contributed by atoms with Gasteiger partial charge in [-0.25, -0.2) is 0 Å². The van der Waals surface area contributed by atoms with Gasteiger partial charge in [0.1, 0.15) is 0 Å². The molecule has 1 aliphatic rings. The first-order chi connectivity index (χ1) is 5.24. The molecular weight excluding hydrogens is 195 g/mol. The van der Waals surface area contributed by atoms with E-state index in [9.17, 15) is 5.11 Å². The summed E-state index contributed by atoms with van der Waals surface area (Å²) in [6.07, 6.45) is 4.21. The first kappa shape index (κ1) is 10.3. The van der Waals surface area contributed by atoms with Gasteiger partial charge in [-0.15, -0.1) is 0 Å². The molecule has 3 unspecified atom stereocenters. The van der Waals surface area contributed by atoms with Crippen LogP contribution >= 0.6 is 26.7 Å². The van der Waals surface area contributed by atoms with Crippen LogP contribution in [-0.4, -0.2) is 21.7 Å². The lowest BCUT2D eigenvalue weighted by Gasteiger charge is -2.31. The molecule has 0 amide bonds. The molecule has 0 aliphatic heterocycles. The van der Waals surface area contributed by atoms with Gasteiger partial charge < -0.3 is 5.11 Å². The Hall–Kier alpha value is 1.21. The fourth-order valence-electron chi connectivity index (χ4n) is 1.44. The zero-order chi connectivity index (χ0) is 8.27. The van der Waals surface area contributed by atoms with Crippen molar-refractivity contribution in [2.24, 2.45) is 0 Å². The number of hydrogen-bond acceptors (Lipinski definition) is 2. The topological polar surface area (TPSA) is 23.5 Å². The Kier molecular flexibility index (Phi) is 4.73. The summed E-state index contributed by atoms with van der Waals surface area (Å²) in [6, 6.07) is 0.680. The van der Waals surface area contributed by atoms with E-state index in [1.807, 2.05) is 0 Å². The van der Waals surface area contributed by atoms with E-state index in [2.05, 4.69) is 22.8 Å². The highest BCUT2D eigenvalue weighted by molar-refractivity contribution is 8.02. The highest BCUT2D eigenvalue weighted by Crippen LogP contribution is 2.37. The average Bonchev–Trinajstić information content (AvgIpc) is 2.05. The molecule has 0 radical (unpaired) electrons. The van der Waals surface area contributed by atoms with Crippen molar-refractivity contribution in [1.29, 1.82) is 0 Å². The fraction of sp³-hybridized carbons (Fsp3) is 1.00. The van der Waals surface area contributed by atoms with Gasteiger partial charge in [-0.3, -0.25) is 4.44 Å². The third-order valence-corrected chi connectivity index (χ3v) is 5.53. The van der Waals surface area contributed by atoms with Gasteiger partial charge in [-0.1, -0.05) is 18.3 Å². The quantitative estimate of drug-likeness (QED) is 0.703. The van der Waals surface area contributed by atoms with E-state index in [4.69, 9.17) is 0 Å². The summed E-state index contributed by atoms with van der Waals surface area (Å²) in [7, 11) is 6.29. The average molecular weight is 211 g/mol. The summed E-state index contributed by atoms with van der Waals surface area (Å²) >= 11 is 0. The number of aliphatic hydroxyl groups is 1. The van der Waals surface area contributed by atoms with Crippen molar-refractivity contribution < 1.29 is 5.11 Å². The van der Waals surface area contributed by atoms with Crippen LogP contribution in [0.2, 0.25) is 0 Å². The molecule has 0 saturated heterocycles.